The zero-order chi connectivity index (χ0) is 14.4. The van der Waals surface area contributed by atoms with Crippen LogP contribution in [0, 0.1) is 0 Å². The van der Waals surface area contributed by atoms with Crippen LogP contribution in [0.2, 0.25) is 0 Å². The van der Waals surface area contributed by atoms with Gasteiger partial charge in [0.25, 0.3) is 0 Å². The molecule has 0 aromatic heterocycles. The van der Waals surface area contributed by atoms with Gasteiger partial charge in [0, 0.05) is 13.1 Å². The van der Waals surface area contributed by atoms with E-state index in [9.17, 15) is 10.2 Å². The molecule has 2 aromatic carbocycles. The summed E-state index contributed by atoms with van der Waals surface area (Å²) in [5.74, 6) is 0.604. The van der Waals surface area contributed by atoms with E-state index in [4.69, 9.17) is 0 Å². The summed E-state index contributed by atoms with van der Waals surface area (Å²) in [6.07, 6.45) is 1.08. The molecule has 0 aliphatic rings. The monoisotopic (exact) mass is 271 g/mol. The van der Waals surface area contributed by atoms with Crippen molar-refractivity contribution in [1.82, 2.24) is 4.90 Å². The topological polar surface area (TPSA) is 43.7 Å². The SMILES string of the molecule is CCCN(Cc1ccc(O)cc1)Cc1cccc(O)c1. The van der Waals surface area contributed by atoms with Gasteiger partial charge in [0.1, 0.15) is 11.5 Å². The molecule has 0 saturated heterocycles. The zero-order valence-electron chi connectivity index (χ0n) is 11.8. The molecule has 0 fully saturated rings. The van der Waals surface area contributed by atoms with Crippen LogP contribution in [0.5, 0.6) is 11.5 Å². The van der Waals surface area contributed by atoms with Crippen LogP contribution in [0.3, 0.4) is 0 Å². The summed E-state index contributed by atoms with van der Waals surface area (Å²) in [7, 11) is 0. The van der Waals surface area contributed by atoms with Gasteiger partial charge < -0.3 is 10.2 Å². The van der Waals surface area contributed by atoms with Crippen LogP contribution in [0.25, 0.3) is 0 Å². The number of hydrogen-bond acceptors (Lipinski definition) is 3. The van der Waals surface area contributed by atoms with Crippen LogP contribution in [0.15, 0.2) is 48.5 Å². The molecule has 0 heterocycles. The highest BCUT2D eigenvalue weighted by atomic mass is 16.3. The molecule has 0 aliphatic heterocycles. The molecule has 0 amide bonds. The number of rotatable bonds is 6. The minimum absolute atomic E-state index is 0.295. The lowest BCUT2D eigenvalue weighted by atomic mass is 10.1. The summed E-state index contributed by atoms with van der Waals surface area (Å²) >= 11 is 0. The van der Waals surface area contributed by atoms with E-state index < -0.39 is 0 Å². The Morgan fingerprint density at radius 3 is 2.20 bits per heavy atom. The standard InChI is InChI=1S/C17H21NO2/c1-2-10-18(12-14-6-8-16(19)9-7-14)13-15-4-3-5-17(20)11-15/h3-9,11,19-20H,2,10,12-13H2,1H3. The molecular formula is C17H21NO2. The molecule has 3 heteroatoms. The number of aromatic hydroxyl groups is 2. The fraction of sp³-hybridized carbons (Fsp3) is 0.294. The van der Waals surface area contributed by atoms with E-state index in [0.717, 1.165) is 31.6 Å². The third-order valence-electron chi connectivity index (χ3n) is 3.20. The van der Waals surface area contributed by atoms with E-state index >= 15 is 0 Å². The van der Waals surface area contributed by atoms with Crippen molar-refractivity contribution in [2.45, 2.75) is 26.4 Å². The van der Waals surface area contributed by atoms with Crippen LogP contribution in [-0.4, -0.2) is 21.7 Å². The van der Waals surface area contributed by atoms with Gasteiger partial charge in [0.2, 0.25) is 0 Å². The van der Waals surface area contributed by atoms with Crippen molar-refractivity contribution in [3.8, 4) is 11.5 Å². The molecule has 0 radical (unpaired) electrons. The van der Waals surface area contributed by atoms with Crippen molar-refractivity contribution in [3.63, 3.8) is 0 Å². The molecule has 0 saturated carbocycles. The molecule has 106 valence electrons. The second-order valence-corrected chi connectivity index (χ2v) is 5.05. The van der Waals surface area contributed by atoms with Gasteiger partial charge in [-0.05, 0) is 48.4 Å². The minimum Gasteiger partial charge on any atom is -0.508 e. The van der Waals surface area contributed by atoms with Gasteiger partial charge in [0.05, 0.1) is 0 Å². The quantitative estimate of drug-likeness (QED) is 0.845. The third kappa shape index (κ3) is 4.28. The smallest absolute Gasteiger partial charge is 0.115 e. The van der Waals surface area contributed by atoms with Gasteiger partial charge in [-0.15, -0.1) is 0 Å². The number of phenolic OH excluding ortho intramolecular Hbond substituents is 2. The summed E-state index contributed by atoms with van der Waals surface area (Å²) < 4.78 is 0. The number of nitrogens with zero attached hydrogens (tertiary/aromatic N) is 1. The number of benzene rings is 2. The van der Waals surface area contributed by atoms with E-state index in [1.54, 1.807) is 24.3 Å². The molecule has 3 nitrogen and oxygen atoms in total. The van der Waals surface area contributed by atoms with Crippen molar-refractivity contribution >= 4 is 0 Å². The molecule has 2 N–H and O–H groups in total. The Bertz CT molecular complexity index is 537. The van der Waals surface area contributed by atoms with E-state index in [1.165, 1.54) is 5.56 Å². The predicted octanol–water partition coefficient (Wildman–Crippen LogP) is 3.51. The van der Waals surface area contributed by atoms with Gasteiger partial charge in [0.15, 0.2) is 0 Å². The molecular weight excluding hydrogens is 250 g/mol. The maximum atomic E-state index is 9.53. The highest BCUT2D eigenvalue weighted by molar-refractivity contribution is 5.28. The Labute approximate surface area is 120 Å². The first kappa shape index (κ1) is 14.4. The Kier molecular flexibility index (Phi) is 5.02. The van der Waals surface area contributed by atoms with E-state index in [0.29, 0.717) is 11.5 Å². The molecule has 20 heavy (non-hydrogen) atoms. The van der Waals surface area contributed by atoms with Crippen LogP contribution in [-0.2, 0) is 13.1 Å². The number of phenols is 2. The first-order chi connectivity index (χ1) is 9.67. The van der Waals surface area contributed by atoms with Gasteiger partial charge in [-0.3, -0.25) is 4.90 Å². The fourth-order valence-electron chi connectivity index (χ4n) is 2.30. The lowest BCUT2D eigenvalue weighted by molar-refractivity contribution is 0.257. The molecule has 0 aliphatic carbocycles. The molecule has 2 aromatic rings. The highest BCUT2D eigenvalue weighted by Gasteiger charge is 2.07. The summed E-state index contributed by atoms with van der Waals surface area (Å²) in [4.78, 5) is 2.33. The molecule has 0 unspecified atom stereocenters. The average Bonchev–Trinajstić information content (AvgIpc) is 2.42. The van der Waals surface area contributed by atoms with Crippen molar-refractivity contribution in [2.24, 2.45) is 0 Å². The largest absolute Gasteiger partial charge is 0.508 e. The summed E-state index contributed by atoms with van der Waals surface area (Å²) in [6.45, 7) is 4.80. The lowest BCUT2D eigenvalue weighted by Gasteiger charge is -2.22. The minimum atomic E-state index is 0.295. The van der Waals surface area contributed by atoms with Crippen LogP contribution >= 0.6 is 0 Å². The Balaban J connectivity index is 2.05. The normalized spacial score (nSPS) is 10.9. The molecule has 0 atom stereocenters. The average molecular weight is 271 g/mol. The maximum absolute atomic E-state index is 9.53. The molecule has 2 rings (SSSR count). The van der Waals surface area contributed by atoms with E-state index in [-0.39, 0.29) is 0 Å². The van der Waals surface area contributed by atoms with Crippen LogP contribution < -0.4 is 0 Å². The first-order valence-corrected chi connectivity index (χ1v) is 6.95. The van der Waals surface area contributed by atoms with E-state index in [1.807, 2.05) is 24.3 Å². The summed E-state index contributed by atoms with van der Waals surface area (Å²) in [6, 6.07) is 14.7. The van der Waals surface area contributed by atoms with Gasteiger partial charge in [-0.1, -0.05) is 31.2 Å². The van der Waals surface area contributed by atoms with Crippen LogP contribution in [0.4, 0.5) is 0 Å². The molecule has 0 spiro atoms. The maximum Gasteiger partial charge on any atom is 0.115 e. The lowest BCUT2D eigenvalue weighted by Crippen LogP contribution is -2.23. The Hall–Kier alpha value is -2.00. The number of hydrogen-bond donors (Lipinski definition) is 2. The Morgan fingerprint density at radius 2 is 1.55 bits per heavy atom. The summed E-state index contributed by atoms with van der Waals surface area (Å²) in [5.41, 5.74) is 2.29. The highest BCUT2D eigenvalue weighted by Crippen LogP contribution is 2.16. The zero-order valence-corrected chi connectivity index (χ0v) is 11.8. The van der Waals surface area contributed by atoms with Crippen molar-refractivity contribution < 1.29 is 10.2 Å². The second kappa shape index (κ2) is 6.96. The molecule has 0 bridgehead atoms. The van der Waals surface area contributed by atoms with Gasteiger partial charge >= 0.3 is 0 Å². The van der Waals surface area contributed by atoms with Crippen molar-refractivity contribution in [2.75, 3.05) is 6.54 Å². The van der Waals surface area contributed by atoms with Gasteiger partial charge in [-0.25, -0.2) is 0 Å². The summed E-state index contributed by atoms with van der Waals surface area (Å²) in [5, 5.41) is 18.8. The third-order valence-corrected chi connectivity index (χ3v) is 3.20. The Morgan fingerprint density at radius 1 is 0.850 bits per heavy atom. The predicted molar refractivity (Wildman–Crippen MR) is 80.6 cm³/mol. The van der Waals surface area contributed by atoms with Crippen molar-refractivity contribution in [3.05, 3.63) is 59.7 Å². The van der Waals surface area contributed by atoms with Crippen molar-refractivity contribution in [1.29, 1.82) is 0 Å². The second-order valence-electron chi connectivity index (χ2n) is 5.05. The van der Waals surface area contributed by atoms with Gasteiger partial charge in [-0.2, -0.15) is 0 Å². The fourth-order valence-corrected chi connectivity index (χ4v) is 2.30. The van der Waals surface area contributed by atoms with Crippen LogP contribution in [0.1, 0.15) is 24.5 Å². The first-order valence-electron chi connectivity index (χ1n) is 6.95. The van der Waals surface area contributed by atoms with E-state index in [2.05, 4.69) is 11.8 Å².